The molecule has 1 fully saturated rings. The van der Waals surface area contributed by atoms with Gasteiger partial charge in [-0.05, 0) is 61.8 Å². The second-order valence-electron chi connectivity index (χ2n) is 7.40. The molecule has 0 bridgehead atoms. The van der Waals surface area contributed by atoms with E-state index in [4.69, 9.17) is 0 Å². The van der Waals surface area contributed by atoms with Gasteiger partial charge in [-0.2, -0.15) is 0 Å². The molecule has 142 valence electrons. The summed E-state index contributed by atoms with van der Waals surface area (Å²) >= 11 is 1.63. The van der Waals surface area contributed by atoms with Gasteiger partial charge >= 0.3 is 0 Å². The summed E-state index contributed by atoms with van der Waals surface area (Å²) in [6.45, 7) is 2.39. The van der Waals surface area contributed by atoms with Crippen LogP contribution in [-0.2, 0) is 24.1 Å². The maximum Gasteiger partial charge on any atom is 0.263 e. The third kappa shape index (κ3) is 4.21. The first-order chi connectivity index (χ1) is 13.2. The molecular weight excluding hydrogens is 358 g/mol. The van der Waals surface area contributed by atoms with Crippen molar-refractivity contribution in [2.24, 2.45) is 5.92 Å². The fourth-order valence-electron chi connectivity index (χ4n) is 3.95. The highest BCUT2D eigenvalue weighted by Crippen LogP contribution is 2.33. The van der Waals surface area contributed by atoms with Crippen LogP contribution in [0.1, 0.15) is 44.9 Å². The Kier molecular flexibility index (Phi) is 5.53. The molecule has 1 atom stereocenters. The number of hydrogen-bond acceptors (Lipinski definition) is 4. The second-order valence-corrected chi connectivity index (χ2v) is 8.54. The zero-order chi connectivity index (χ0) is 18.6. The zero-order valence-corrected chi connectivity index (χ0v) is 16.3. The lowest BCUT2D eigenvalue weighted by Gasteiger charge is -2.21. The number of carbonyl (C=O) groups excluding carboxylic acids is 2. The Labute approximate surface area is 163 Å². The van der Waals surface area contributed by atoms with Crippen LogP contribution in [0.25, 0.3) is 0 Å². The molecule has 1 aliphatic heterocycles. The van der Waals surface area contributed by atoms with Gasteiger partial charge in [-0.25, -0.2) is 0 Å². The Morgan fingerprint density at radius 3 is 2.93 bits per heavy atom. The molecule has 1 aliphatic carbocycles. The first-order valence-corrected chi connectivity index (χ1v) is 10.6. The van der Waals surface area contributed by atoms with E-state index in [1.54, 1.807) is 17.5 Å². The molecule has 3 heterocycles. The molecule has 0 saturated carbocycles. The van der Waals surface area contributed by atoms with Crippen LogP contribution in [0, 0.1) is 5.92 Å². The van der Waals surface area contributed by atoms with Crippen LogP contribution in [0.2, 0.25) is 0 Å². The Morgan fingerprint density at radius 2 is 2.15 bits per heavy atom. The summed E-state index contributed by atoms with van der Waals surface area (Å²) in [5.74, 6) is 0.309. The summed E-state index contributed by atoms with van der Waals surface area (Å²) in [7, 11) is 0. The lowest BCUT2D eigenvalue weighted by molar-refractivity contribution is -0.125. The van der Waals surface area contributed by atoms with Crippen LogP contribution in [0.4, 0.5) is 0 Å². The first kappa shape index (κ1) is 18.2. The van der Waals surface area contributed by atoms with E-state index in [1.165, 1.54) is 10.4 Å². The summed E-state index contributed by atoms with van der Waals surface area (Å²) in [4.78, 5) is 33.4. The number of hydrogen-bond donors (Lipinski definition) is 1. The zero-order valence-electron chi connectivity index (χ0n) is 15.4. The van der Waals surface area contributed by atoms with Crippen LogP contribution in [0.5, 0.6) is 0 Å². The molecular formula is C21H25N3O2S. The molecule has 1 saturated heterocycles. The van der Waals surface area contributed by atoms with Gasteiger partial charge in [-0.1, -0.05) is 6.07 Å². The van der Waals surface area contributed by atoms with E-state index in [0.29, 0.717) is 6.54 Å². The molecule has 0 radical (unpaired) electrons. The second kappa shape index (κ2) is 8.21. The number of amides is 2. The van der Waals surface area contributed by atoms with Crippen molar-refractivity contribution in [2.45, 2.75) is 38.5 Å². The summed E-state index contributed by atoms with van der Waals surface area (Å²) in [6.07, 6.45) is 9.12. The van der Waals surface area contributed by atoms with Crippen molar-refractivity contribution in [1.29, 1.82) is 0 Å². The average molecular weight is 384 g/mol. The van der Waals surface area contributed by atoms with Gasteiger partial charge in [0.1, 0.15) is 0 Å². The normalized spacial score (nSPS) is 19.0. The summed E-state index contributed by atoms with van der Waals surface area (Å²) in [5, 5.41) is 3.07. The lowest BCUT2D eigenvalue weighted by atomic mass is 9.87. The number of fused-ring (bicyclic) bond motifs is 1. The smallest absolute Gasteiger partial charge is 0.263 e. The van der Waals surface area contributed by atoms with Crippen molar-refractivity contribution in [2.75, 3.05) is 19.6 Å². The number of likely N-dealkylation sites (tertiary alicyclic amines) is 1. The van der Waals surface area contributed by atoms with Crippen LogP contribution >= 0.6 is 11.3 Å². The molecule has 5 nitrogen and oxygen atoms in total. The number of carbonyl (C=O) groups is 2. The molecule has 4 rings (SSSR count). The summed E-state index contributed by atoms with van der Waals surface area (Å²) in [5.41, 5.74) is 2.33. The average Bonchev–Trinajstić information content (AvgIpc) is 3.37. The largest absolute Gasteiger partial charge is 0.356 e. The van der Waals surface area contributed by atoms with E-state index < -0.39 is 0 Å². The van der Waals surface area contributed by atoms with Gasteiger partial charge in [0.25, 0.3) is 5.91 Å². The van der Waals surface area contributed by atoms with E-state index in [2.05, 4.69) is 10.3 Å². The minimum Gasteiger partial charge on any atom is -0.356 e. The monoisotopic (exact) mass is 383 g/mol. The topological polar surface area (TPSA) is 62.3 Å². The first-order valence-electron chi connectivity index (χ1n) is 9.78. The fraction of sp³-hybridized carbons (Fsp3) is 0.476. The number of nitrogens with zero attached hydrogens (tertiary/aromatic N) is 2. The molecule has 0 spiro atoms. The van der Waals surface area contributed by atoms with E-state index in [-0.39, 0.29) is 17.7 Å². The van der Waals surface area contributed by atoms with Crippen LogP contribution in [0.15, 0.2) is 30.6 Å². The van der Waals surface area contributed by atoms with Crippen molar-refractivity contribution in [3.63, 3.8) is 0 Å². The standard InChI is InChI=1S/C21H25N3O2S/c25-20(23-9-7-15-4-3-8-22-14-15)16-5-6-18-17(12-16)13-19(27-18)21(26)24-10-1-2-11-24/h3-4,8,13-14,16H,1-2,5-7,9-12H2,(H,23,25). The van der Waals surface area contributed by atoms with Crippen LogP contribution < -0.4 is 5.32 Å². The summed E-state index contributed by atoms with van der Waals surface area (Å²) < 4.78 is 0. The van der Waals surface area contributed by atoms with Crippen molar-refractivity contribution < 1.29 is 9.59 Å². The Morgan fingerprint density at radius 1 is 1.30 bits per heavy atom. The minimum atomic E-state index is 0.00994. The van der Waals surface area contributed by atoms with Crippen LogP contribution in [-0.4, -0.2) is 41.3 Å². The molecule has 1 N–H and O–H groups in total. The van der Waals surface area contributed by atoms with Crippen molar-refractivity contribution in [3.8, 4) is 0 Å². The van der Waals surface area contributed by atoms with Gasteiger partial charge in [0.15, 0.2) is 0 Å². The maximum absolute atomic E-state index is 12.6. The SMILES string of the molecule is O=C(NCCc1cccnc1)C1CCc2sc(C(=O)N3CCCC3)cc2C1. The molecule has 2 amide bonds. The van der Waals surface area contributed by atoms with Gasteiger partial charge in [0.05, 0.1) is 4.88 Å². The van der Waals surface area contributed by atoms with Gasteiger partial charge < -0.3 is 10.2 Å². The van der Waals surface area contributed by atoms with E-state index >= 15 is 0 Å². The number of nitrogens with one attached hydrogen (secondary N) is 1. The molecule has 2 aliphatic rings. The van der Waals surface area contributed by atoms with Gasteiger partial charge in [-0.15, -0.1) is 11.3 Å². The van der Waals surface area contributed by atoms with Crippen molar-refractivity contribution in [3.05, 3.63) is 51.5 Å². The van der Waals surface area contributed by atoms with Gasteiger partial charge in [0.2, 0.25) is 5.91 Å². The van der Waals surface area contributed by atoms with Crippen LogP contribution in [0.3, 0.4) is 0 Å². The highest BCUT2D eigenvalue weighted by Gasteiger charge is 2.28. The predicted octanol–water partition coefficient (Wildman–Crippen LogP) is 2.84. The Balaban J connectivity index is 1.32. The Hall–Kier alpha value is -2.21. The van der Waals surface area contributed by atoms with E-state index in [9.17, 15) is 9.59 Å². The quantitative estimate of drug-likeness (QED) is 0.864. The molecule has 2 aromatic rings. The number of aryl methyl sites for hydroxylation is 1. The van der Waals surface area contributed by atoms with Crippen molar-refractivity contribution >= 4 is 23.2 Å². The van der Waals surface area contributed by atoms with Gasteiger partial charge in [-0.3, -0.25) is 14.6 Å². The van der Waals surface area contributed by atoms with E-state index in [1.807, 2.05) is 29.3 Å². The lowest BCUT2D eigenvalue weighted by Crippen LogP contribution is -2.34. The maximum atomic E-state index is 12.6. The third-order valence-electron chi connectivity index (χ3n) is 5.49. The Bertz CT molecular complexity index is 812. The number of rotatable bonds is 5. The highest BCUT2D eigenvalue weighted by atomic mass is 32.1. The van der Waals surface area contributed by atoms with Crippen molar-refractivity contribution in [1.82, 2.24) is 15.2 Å². The molecule has 2 aromatic heterocycles. The summed E-state index contributed by atoms with van der Waals surface area (Å²) in [6, 6.07) is 5.98. The predicted molar refractivity (Wildman–Crippen MR) is 106 cm³/mol. The van der Waals surface area contributed by atoms with Gasteiger partial charge in [0, 0.05) is 42.8 Å². The molecule has 27 heavy (non-hydrogen) atoms. The highest BCUT2D eigenvalue weighted by molar-refractivity contribution is 7.14. The number of thiophene rings is 1. The molecule has 0 aromatic carbocycles. The number of aromatic nitrogens is 1. The molecule has 1 unspecified atom stereocenters. The third-order valence-corrected chi connectivity index (χ3v) is 6.72. The molecule has 6 heteroatoms. The van der Waals surface area contributed by atoms with E-state index in [0.717, 1.165) is 62.1 Å². The minimum absolute atomic E-state index is 0.00994. The number of pyridine rings is 1. The fourth-order valence-corrected chi connectivity index (χ4v) is 5.13.